The van der Waals surface area contributed by atoms with Crippen molar-refractivity contribution in [3.63, 3.8) is 0 Å². The number of amides is 1. The van der Waals surface area contributed by atoms with Gasteiger partial charge < -0.3 is 25.5 Å². The van der Waals surface area contributed by atoms with Gasteiger partial charge in [-0.25, -0.2) is 19.9 Å². The number of carboxylic acid groups (broad SMARTS) is 1. The van der Waals surface area contributed by atoms with Gasteiger partial charge in [-0.2, -0.15) is 0 Å². The minimum Gasteiger partial charge on any atom is -0.481 e. The van der Waals surface area contributed by atoms with Crippen LogP contribution >= 0.6 is 22.7 Å². The van der Waals surface area contributed by atoms with Crippen LogP contribution in [0.1, 0.15) is 56.2 Å². The van der Waals surface area contributed by atoms with E-state index in [0.29, 0.717) is 37.9 Å². The molecule has 3 aliphatic heterocycles. The molecule has 294 valence electrons. The van der Waals surface area contributed by atoms with Crippen LogP contribution in [0.5, 0.6) is 0 Å². The summed E-state index contributed by atoms with van der Waals surface area (Å²) in [5.74, 6) is 0.914. The fraction of sp³-hybridized carbons (Fsp3) is 0.366. The number of likely N-dealkylation sites (N-methyl/N-ethyl adjacent to an activating group) is 1. The number of carboxylic acids is 1. The molecule has 1 fully saturated rings. The lowest BCUT2D eigenvalue weighted by atomic mass is 9.86. The molecule has 0 unspecified atom stereocenters. The average molecular weight is 813 g/mol. The number of carbonyl (C=O) groups is 2. The molecule has 1 amide bonds. The summed E-state index contributed by atoms with van der Waals surface area (Å²) in [4.78, 5) is 68.2. The lowest BCUT2D eigenvalue weighted by Gasteiger charge is -2.44. The van der Waals surface area contributed by atoms with Crippen LogP contribution in [-0.2, 0) is 48.4 Å². The number of pyridine rings is 2. The Balaban J connectivity index is 0.000000144. The Kier molecular flexibility index (Phi) is 9.37. The topological polar surface area (TPSA) is 187 Å². The van der Waals surface area contributed by atoms with Crippen LogP contribution in [0, 0.1) is 11.8 Å². The van der Waals surface area contributed by atoms with Gasteiger partial charge in [0.05, 0.1) is 64.9 Å². The number of aryl methyl sites for hydroxylation is 2. The molecule has 3 N–H and O–H groups in total. The predicted octanol–water partition coefficient (Wildman–Crippen LogP) is 5.59. The predicted molar refractivity (Wildman–Crippen MR) is 225 cm³/mol. The van der Waals surface area contributed by atoms with Gasteiger partial charge in [0, 0.05) is 58.4 Å². The van der Waals surface area contributed by atoms with Crippen LogP contribution in [0.4, 0.5) is 23.0 Å². The number of aliphatic imine (C=N–C) groups is 2. The van der Waals surface area contributed by atoms with Crippen molar-refractivity contribution in [2.45, 2.75) is 57.7 Å². The Labute approximate surface area is 341 Å². The largest absolute Gasteiger partial charge is 0.481 e. The van der Waals surface area contributed by atoms with Gasteiger partial charge in [0.25, 0.3) is 0 Å². The van der Waals surface area contributed by atoms with Crippen molar-refractivity contribution in [1.82, 2.24) is 39.7 Å². The molecule has 0 saturated carbocycles. The maximum Gasteiger partial charge on any atom is 0.306 e. The summed E-state index contributed by atoms with van der Waals surface area (Å²) in [6, 6.07) is 4.58. The van der Waals surface area contributed by atoms with Crippen molar-refractivity contribution in [2.75, 3.05) is 37.8 Å². The number of aromatic nitrogens is 6. The first-order valence-corrected chi connectivity index (χ1v) is 21.1. The lowest BCUT2D eigenvalue weighted by molar-refractivity contribution is -0.143. The van der Waals surface area contributed by atoms with Crippen LogP contribution in [0.25, 0.3) is 20.4 Å². The normalized spacial score (nSPS) is 19.0. The summed E-state index contributed by atoms with van der Waals surface area (Å²) in [5, 5.41) is 18.2. The van der Waals surface area contributed by atoms with Crippen LogP contribution in [0.15, 0.2) is 47.2 Å². The van der Waals surface area contributed by atoms with E-state index in [1.807, 2.05) is 29.6 Å². The number of aliphatic carboxylic acids is 1. The standard InChI is InChI=1S/C23H25N7OS.C18H15N5O2S/c1-29(2)16-10-30(11-16)23(31)13-3-4-17-19(6-13)32-22-20(17)21(26-12-27-22)28-15-5-14-7-24-9-18(14)25-8-15;24-18(25)9-1-2-12-14(4-9)26-17-15(12)16(21-8-22-17)23-11-3-10-5-19-7-13(10)20-6-11/h5,7-8,12-13,16H,3-4,6,9-11H2,1-2H3,(H,26,27,28);3,5-6,8-9H,1-2,4,7H2,(H,24,25)(H,21,22,23)/t13-;9-/m00/s1. The minimum absolute atomic E-state index is 0.0724. The van der Waals surface area contributed by atoms with Crippen molar-refractivity contribution >= 4 is 90.4 Å². The Morgan fingerprint density at radius 1 is 0.741 bits per heavy atom. The monoisotopic (exact) mass is 812 g/mol. The van der Waals surface area contributed by atoms with E-state index in [1.165, 1.54) is 16.0 Å². The highest BCUT2D eigenvalue weighted by Gasteiger charge is 2.38. The van der Waals surface area contributed by atoms with E-state index in [0.717, 1.165) is 110 Å². The molecule has 11 rings (SSSR count). The molecule has 0 bridgehead atoms. The molecule has 6 aromatic heterocycles. The molecule has 5 aliphatic rings. The van der Waals surface area contributed by atoms with Crippen LogP contribution < -0.4 is 10.6 Å². The number of nitrogens with one attached hydrogen (secondary N) is 2. The molecule has 0 spiro atoms. The zero-order valence-electron chi connectivity index (χ0n) is 32.0. The van der Waals surface area contributed by atoms with E-state index >= 15 is 0 Å². The molecule has 17 heteroatoms. The summed E-state index contributed by atoms with van der Waals surface area (Å²) < 4.78 is 0. The number of hydrogen-bond acceptors (Lipinski definition) is 15. The first-order chi connectivity index (χ1) is 28.3. The Bertz CT molecular complexity index is 2680. The van der Waals surface area contributed by atoms with Crippen LogP contribution in [0.3, 0.4) is 0 Å². The molecule has 0 radical (unpaired) electrons. The van der Waals surface area contributed by atoms with Gasteiger partial charge in [0.1, 0.15) is 34.0 Å². The third-order valence-electron chi connectivity index (χ3n) is 11.8. The molecule has 2 atom stereocenters. The van der Waals surface area contributed by atoms with Crippen molar-refractivity contribution in [3.05, 3.63) is 80.6 Å². The zero-order valence-corrected chi connectivity index (χ0v) is 33.6. The second-order valence-electron chi connectivity index (χ2n) is 15.6. The number of fused-ring (bicyclic) bond motifs is 8. The summed E-state index contributed by atoms with van der Waals surface area (Å²) in [7, 11) is 4.16. The van der Waals surface area contributed by atoms with Gasteiger partial charge >= 0.3 is 5.97 Å². The number of anilines is 4. The van der Waals surface area contributed by atoms with Crippen LogP contribution in [0.2, 0.25) is 0 Å². The van der Waals surface area contributed by atoms with E-state index in [4.69, 9.17) is 0 Å². The molecular formula is C41H40N12O3S2. The van der Waals surface area contributed by atoms with E-state index in [1.54, 1.807) is 41.5 Å². The zero-order chi connectivity index (χ0) is 39.5. The second-order valence-corrected chi connectivity index (χ2v) is 17.8. The van der Waals surface area contributed by atoms with Gasteiger partial charge in [-0.15, -0.1) is 22.7 Å². The SMILES string of the molecule is CN(C)C1CN(C(=O)[C@H]2CCc3c(sc4ncnc(Nc5cnc6c(c5)C=NC6)c34)C2)C1.O=C(O)[C@H]1CCc2c(sc3ncnc(Nc4cnc5c(c4)C=NC5)c23)C1. The highest BCUT2D eigenvalue weighted by molar-refractivity contribution is 7.19. The smallest absolute Gasteiger partial charge is 0.306 e. The Morgan fingerprint density at radius 2 is 1.26 bits per heavy atom. The number of likely N-dealkylation sites (tertiary alicyclic amines) is 1. The second kappa shape index (κ2) is 14.9. The Morgan fingerprint density at radius 3 is 1.78 bits per heavy atom. The number of hydrogen-bond donors (Lipinski definition) is 3. The highest BCUT2D eigenvalue weighted by atomic mass is 32.1. The van der Waals surface area contributed by atoms with Gasteiger partial charge in [-0.3, -0.25) is 29.5 Å². The van der Waals surface area contributed by atoms with E-state index < -0.39 is 5.97 Å². The number of rotatable bonds is 7. The fourth-order valence-corrected chi connectivity index (χ4v) is 11.0. The van der Waals surface area contributed by atoms with Crippen molar-refractivity contribution in [3.8, 4) is 0 Å². The van der Waals surface area contributed by atoms with Crippen molar-refractivity contribution in [2.24, 2.45) is 21.8 Å². The highest BCUT2D eigenvalue weighted by Crippen LogP contribution is 2.42. The number of carbonyl (C=O) groups excluding carboxylic acids is 1. The first kappa shape index (κ1) is 36.6. The molecular weight excluding hydrogens is 773 g/mol. The summed E-state index contributed by atoms with van der Waals surface area (Å²) in [6.07, 6.45) is 15.0. The third-order valence-corrected chi connectivity index (χ3v) is 14.1. The van der Waals surface area contributed by atoms with Gasteiger partial charge in [-0.1, -0.05) is 0 Å². The lowest BCUT2D eigenvalue weighted by Crippen LogP contribution is -2.60. The Hall–Kier alpha value is -5.78. The molecule has 58 heavy (non-hydrogen) atoms. The van der Waals surface area contributed by atoms with Gasteiger partial charge in [-0.05, 0) is 75.9 Å². The first-order valence-electron chi connectivity index (χ1n) is 19.5. The van der Waals surface area contributed by atoms with Crippen LogP contribution in [-0.4, -0.2) is 102 Å². The third kappa shape index (κ3) is 6.75. The quantitative estimate of drug-likeness (QED) is 0.182. The molecule has 2 aliphatic carbocycles. The molecule has 6 aromatic rings. The molecule has 9 heterocycles. The molecule has 0 aromatic carbocycles. The molecule has 1 saturated heterocycles. The number of nitrogens with zero attached hydrogens (tertiary/aromatic N) is 10. The summed E-state index contributed by atoms with van der Waals surface area (Å²) in [6.45, 7) is 2.98. The van der Waals surface area contributed by atoms with Crippen molar-refractivity contribution in [1.29, 1.82) is 0 Å². The average Bonchev–Trinajstić information content (AvgIpc) is 4.01. The van der Waals surface area contributed by atoms with E-state index in [2.05, 4.69) is 75.6 Å². The van der Waals surface area contributed by atoms with Crippen molar-refractivity contribution < 1.29 is 14.7 Å². The van der Waals surface area contributed by atoms with Gasteiger partial charge in [0.2, 0.25) is 5.91 Å². The summed E-state index contributed by atoms with van der Waals surface area (Å²) >= 11 is 3.28. The maximum atomic E-state index is 13.0. The summed E-state index contributed by atoms with van der Waals surface area (Å²) in [5.41, 5.74) is 8.30. The number of thiophene rings is 2. The van der Waals surface area contributed by atoms with Gasteiger partial charge in [0.15, 0.2) is 0 Å². The van der Waals surface area contributed by atoms with E-state index in [-0.39, 0.29) is 11.8 Å². The fourth-order valence-electron chi connectivity index (χ4n) is 8.43. The minimum atomic E-state index is -0.719. The maximum absolute atomic E-state index is 13.0. The van der Waals surface area contributed by atoms with E-state index in [9.17, 15) is 14.7 Å². The molecule has 15 nitrogen and oxygen atoms in total.